The highest BCUT2D eigenvalue weighted by atomic mass is 16.3. The number of para-hydroxylation sites is 1. The maximum absolute atomic E-state index is 6.23. The lowest BCUT2D eigenvalue weighted by molar-refractivity contribution is 0.654. The van der Waals surface area contributed by atoms with Crippen LogP contribution in [0.1, 0.15) is 49.4 Å². The van der Waals surface area contributed by atoms with Crippen LogP contribution in [-0.4, -0.2) is 0 Å². The van der Waals surface area contributed by atoms with Gasteiger partial charge in [-0.2, -0.15) is 0 Å². The van der Waals surface area contributed by atoms with E-state index in [1.807, 2.05) is 12.1 Å². The Morgan fingerprint density at radius 2 is 1.42 bits per heavy atom. The van der Waals surface area contributed by atoms with Crippen LogP contribution in [0.4, 0.5) is 11.4 Å². The van der Waals surface area contributed by atoms with Crippen LogP contribution in [0.2, 0.25) is 0 Å². The van der Waals surface area contributed by atoms with Crippen LogP contribution < -0.4 is 4.90 Å². The molecule has 0 saturated carbocycles. The number of furan rings is 1. The van der Waals surface area contributed by atoms with Gasteiger partial charge in [-0.25, -0.2) is 0 Å². The molecule has 0 saturated heterocycles. The smallest absolute Gasteiger partial charge is 0.135 e. The number of hydrogen-bond acceptors (Lipinski definition) is 2. The van der Waals surface area contributed by atoms with Gasteiger partial charge in [0.25, 0.3) is 0 Å². The van der Waals surface area contributed by atoms with E-state index in [2.05, 4.69) is 147 Å². The van der Waals surface area contributed by atoms with Gasteiger partial charge in [-0.1, -0.05) is 111 Å². The molecule has 0 spiro atoms. The third-order valence-electron chi connectivity index (χ3n) is 10.7. The maximum Gasteiger partial charge on any atom is 0.135 e. The van der Waals surface area contributed by atoms with Crippen molar-refractivity contribution in [1.82, 2.24) is 0 Å². The summed E-state index contributed by atoms with van der Waals surface area (Å²) in [5.41, 5.74) is 12.9. The van der Waals surface area contributed by atoms with Gasteiger partial charge >= 0.3 is 0 Å². The van der Waals surface area contributed by atoms with Crippen molar-refractivity contribution >= 4 is 66.5 Å². The van der Waals surface area contributed by atoms with E-state index in [0.29, 0.717) is 0 Å². The van der Waals surface area contributed by atoms with Gasteiger partial charge in [-0.3, -0.25) is 0 Å². The summed E-state index contributed by atoms with van der Waals surface area (Å²) in [4.78, 5) is 2.30. The minimum Gasteiger partial charge on any atom is -0.456 e. The van der Waals surface area contributed by atoms with Gasteiger partial charge in [0, 0.05) is 33.3 Å². The van der Waals surface area contributed by atoms with E-state index in [9.17, 15) is 0 Å². The van der Waals surface area contributed by atoms with Crippen LogP contribution in [0.5, 0.6) is 0 Å². The Morgan fingerprint density at radius 1 is 0.729 bits per heavy atom. The quantitative estimate of drug-likeness (QED) is 0.141. The second-order valence-corrected chi connectivity index (χ2v) is 13.8. The molecule has 2 heteroatoms. The van der Waals surface area contributed by atoms with Crippen LogP contribution in [-0.2, 0) is 11.8 Å². The molecule has 0 aliphatic heterocycles. The number of rotatable bonds is 5. The minimum absolute atomic E-state index is 0.0919. The highest BCUT2D eigenvalue weighted by Crippen LogP contribution is 2.47. The summed E-state index contributed by atoms with van der Waals surface area (Å²) in [6.07, 6.45) is 11.3. The predicted molar refractivity (Wildman–Crippen MR) is 205 cm³/mol. The van der Waals surface area contributed by atoms with E-state index in [1.54, 1.807) is 0 Å². The molecule has 232 valence electrons. The number of hydrogen-bond donors (Lipinski definition) is 0. The summed E-state index contributed by atoms with van der Waals surface area (Å²) in [5, 5.41) is 7.42. The monoisotopic (exact) mass is 619 g/mol. The van der Waals surface area contributed by atoms with Gasteiger partial charge in [0.05, 0.1) is 0 Å². The van der Waals surface area contributed by atoms with Crippen molar-refractivity contribution < 1.29 is 4.42 Å². The molecule has 2 aliphatic carbocycles. The molecular formula is C46H37NO. The third-order valence-corrected chi connectivity index (χ3v) is 10.7. The van der Waals surface area contributed by atoms with E-state index in [1.165, 1.54) is 54.9 Å². The lowest BCUT2D eigenvalue weighted by Gasteiger charge is -2.28. The van der Waals surface area contributed by atoms with Crippen molar-refractivity contribution in [3.8, 4) is 0 Å². The molecule has 1 aromatic heterocycles. The first-order valence-corrected chi connectivity index (χ1v) is 16.9. The summed E-state index contributed by atoms with van der Waals surface area (Å²) in [5.74, 6) is 0. The Labute approximate surface area is 281 Å². The van der Waals surface area contributed by atoms with Crippen molar-refractivity contribution in [2.75, 3.05) is 4.90 Å². The molecule has 9 rings (SSSR count). The molecule has 0 amide bonds. The molecule has 0 radical (unpaired) electrons. The molecule has 0 N–H and O–H groups in total. The van der Waals surface area contributed by atoms with E-state index in [0.717, 1.165) is 51.9 Å². The second kappa shape index (κ2) is 10.7. The first kappa shape index (κ1) is 28.6. The molecule has 2 aliphatic rings. The molecular weight excluding hydrogens is 583 g/mol. The Balaban J connectivity index is 1.23. The SMILES string of the molecule is C=C(/C=C\C1=C(C)c2ccccc2C1(C)C)N(c1ccc2oc3ccccc3c2c1)c1ccc2c3c(c4ccccc4c2c1)CCC=C3. The Hall–Kier alpha value is -5.60. The van der Waals surface area contributed by atoms with Crippen LogP contribution in [0.3, 0.4) is 0 Å². The summed E-state index contributed by atoms with van der Waals surface area (Å²) >= 11 is 0. The molecule has 0 atom stereocenters. The molecule has 7 aromatic rings. The van der Waals surface area contributed by atoms with Crippen LogP contribution in [0.25, 0.3) is 55.1 Å². The average molecular weight is 620 g/mol. The summed E-state index contributed by atoms with van der Waals surface area (Å²) in [6, 6.07) is 39.4. The lowest BCUT2D eigenvalue weighted by Crippen LogP contribution is -2.17. The third kappa shape index (κ3) is 4.26. The van der Waals surface area contributed by atoms with Gasteiger partial charge in [-0.05, 0) is 117 Å². The minimum atomic E-state index is -0.0919. The highest BCUT2D eigenvalue weighted by Gasteiger charge is 2.34. The van der Waals surface area contributed by atoms with Crippen molar-refractivity contribution in [2.45, 2.75) is 39.0 Å². The highest BCUT2D eigenvalue weighted by molar-refractivity contribution is 6.14. The van der Waals surface area contributed by atoms with Crippen LogP contribution in [0.15, 0.2) is 150 Å². The van der Waals surface area contributed by atoms with Crippen LogP contribution >= 0.6 is 0 Å². The number of fused-ring (bicyclic) bond motifs is 10. The van der Waals surface area contributed by atoms with Gasteiger partial charge in [0.1, 0.15) is 11.2 Å². The topological polar surface area (TPSA) is 16.4 Å². The summed E-state index contributed by atoms with van der Waals surface area (Å²) < 4.78 is 6.23. The second-order valence-electron chi connectivity index (χ2n) is 13.8. The first-order valence-electron chi connectivity index (χ1n) is 16.9. The van der Waals surface area contributed by atoms with Crippen LogP contribution in [0, 0.1) is 0 Å². The summed E-state index contributed by atoms with van der Waals surface area (Å²) in [7, 11) is 0. The molecule has 6 aromatic carbocycles. The fourth-order valence-corrected chi connectivity index (χ4v) is 8.34. The largest absolute Gasteiger partial charge is 0.456 e. The number of anilines is 2. The Morgan fingerprint density at radius 3 is 2.25 bits per heavy atom. The average Bonchev–Trinajstić information content (AvgIpc) is 3.58. The standard InChI is InChI=1S/C46H37NO/c1-29(21-25-42-30(2)33-13-9-11-19-43(33)46(42,3)4)47(32-23-26-45-41(28-32)39-18-10-12-20-44(39)48-45)31-22-24-38-36-16-6-5-14-34(36)35-15-7-8-17-37(35)40(38)27-31/h6-13,15-28H,1,5,14H2,2-4H3/b25-21-. The van der Waals surface area contributed by atoms with Gasteiger partial charge < -0.3 is 9.32 Å². The van der Waals surface area contributed by atoms with Crippen molar-refractivity contribution in [2.24, 2.45) is 0 Å². The molecule has 0 fully saturated rings. The van der Waals surface area contributed by atoms with E-state index >= 15 is 0 Å². The molecule has 2 nitrogen and oxygen atoms in total. The van der Waals surface area contributed by atoms with Crippen molar-refractivity contribution in [1.29, 1.82) is 0 Å². The predicted octanol–water partition coefficient (Wildman–Crippen LogP) is 12.8. The van der Waals surface area contributed by atoms with Gasteiger partial charge in [-0.15, -0.1) is 0 Å². The van der Waals surface area contributed by atoms with E-state index < -0.39 is 0 Å². The zero-order valence-electron chi connectivity index (χ0n) is 27.7. The Bertz CT molecular complexity index is 2570. The molecule has 1 heterocycles. The maximum atomic E-state index is 6.23. The van der Waals surface area contributed by atoms with E-state index in [-0.39, 0.29) is 5.41 Å². The van der Waals surface area contributed by atoms with Crippen molar-refractivity contribution in [3.05, 3.63) is 168 Å². The number of allylic oxidation sites excluding steroid dienone is 5. The zero-order chi connectivity index (χ0) is 32.6. The van der Waals surface area contributed by atoms with E-state index in [4.69, 9.17) is 11.0 Å². The molecule has 48 heavy (non-hydrogen) atoms. The fourth-order valence-electron chi connectivity index (χ4n) is 8.34. The zero-order valence-corrected chi connectivity index (χ0v) is 27.7. The van der Waals surface area contributed by atoms with Crippen molar-refractivity contribution in [3.63, 3.8) is 0 Å². The normalized spacial score (nSPS) is 15.2. The summed E-state index contributed by atoms with van der Waals surface area (Å²) in [6.45, 7) is 11.6. The number of nitrogens with zero attached hydrogens (tertiary/aromatic N) is 1. The molecule has 0 bridgehead atoms. The fraction of sp³-hybridized carbons (Fsp3) is 0.130. The van der Waals surface area contributed by atoms with Gasteiger partial charge in [0.15, 0.2) is 0 Å². The number of aryl methyl sites for hydroxylation is 1. The van der Waals surface area contributed by atoms with Gasteiger partial charge in [0.2, 0.25) is 0 Å². The number of benzene rings is 6. The lowest BCUT2D eigenvalue weighted by atomic mass is 9.81. The Kier molecular flexibility index (Phi) is 6.39. The first-order chi connectivity index (χ1) is 23.4. The molecule has 0 unspecified atom stereocenters.